The molecule has 1 fully saturated rings. The van der Waals surface area contributed by atoms with Crippen molar-refractivity contribution in [1.29, 1.82) is 0 Å². The number of ether oxygens (including phenoxy) is 1. The SMILES string of the molecule is CCCN1CCOC(C(Cc2cnn(CC)c2)NN)C1. The van der Waals surface area contributed by atoms with E-state index in [1.165, 1.54) is 12.0 Å². The number of aryl methyl sites for hydroxylation is 1. The predicted octanol–water partition coefficient (Wildman–Crippen LogP) is 0.388. The maximum Gasteiger partial charge on any atom is 0.0871 e. The summed E-state index contributed by atoms with van der Waals surface area (Å²) >= 11 is 0. The fraction of sp³-hybridized carbons (Fsp3) is 0.786. The first-order valence-electron chi connectivity index (χ1n) is 7.58. The molecule has 0 aromatic carbocycles. The quantitative estimate of drug-likeness (QED) is 0.559. The van der Waals surface area contributed by atoms with Crippen LogP contribution in [0.2, 0.25) is 0 Å². The molecule has 0 saturated carbocycles. The Morgan fingerprint density at radius 2 is 2.40 bits per heavy atom. The van der Waals surface area contributed by atoms with Crippen LogP contribution >= 0.6 is 0 Å². The first kappa shape index (κ1) is 15.4. The molecule has 1 saturated heterocycles. The van der Waals surface area contributed by atoms with Crippen LogP contribution in [0.25, 0.3) is 0 Å². The van der Waals surface area contributed by atoms with E-state index in [9.17, 15) is 0 Å². The van der Waals surface area contributed by atoms with E-state index in [1.54, 1.807) is 0 Å². The second-order valence-electron chi connectivity index (χ2n) is 5.39. The summed E-state index contributed by atoms with van der Waals surface area (Å²) in [5.41, 5.74) is 4.12. The van der Waals surface area contributed by atoms with Crippen molar-refractivity contribution in [2.75, 3.05) is 26.2 Å². The number of morpholine rings is 1. The van der Waals surface area contributed by atoms with E-state index in [-0.39, 0.29) is 12.1 Å². The zero-order valence-corrected chi connectivity index (χ0v) is 12.6. The summed E-state index contributed by atoms with van der Waals surface area (Å²) < 4.78 is 7.84. The van der Waals surface area contributed by atoms with E-state index in [1.807, 2.05) is 10.9 Å². The van der Waals surface area contributed by atoms with Gasteiger partial charge in [-0.05, 0) is 31.9 Å². The molecule has 114 valence electrons. The van der Waals surface area contributed by atoms with E-state index in [0.29, 0.717) is 0 Å². The lowest BCUT2D eigenvalue weighted by molar-refractivity contribution is -0.0462. The van der Waals surface area contributed by atoms with E-state index in [2.05, 4.69) is 35.5 Å². The Labute approximate surface area is 121 Å². The molecule has 1 aromatic heterocycles. The van der Waals surface area contributed by atoms with Gasteiger partial charge >= 0.3 is 0 Å². The van der Waals surface area contributed by atoms with Crippen LogP contribution in [0.3, 0.4) is 0 Å². The van der Waals surface area contributed by atoms with Crippen molar-refractivity contribution in [2.45, 2.75) is 45.4 Å². The van der Waals surface area contributed by atoms with Crippen LogP contribution in [-0.4, -0.2) is 53.1 Å². The number of aromatic nitrogens is 2. The number of nitrogens with zero attached hydrogens (tertiary/aromatic N) is 3. The topological polar surface area (TPSA) is 68.3 Å². The molecular formula is C14H27N5O. The highest BCUT2D eigenvalue weighted by Crippen LogP contribution is 2.13. The Balaban J connectivity index is 1.93. The third-order valence-electron chi connectivity index (χ3n) is 3.85. The first-order chi connectivity index (χ1) is 9.76. The monoisotopic (exact) mass is 281 g/mol. The van der Waals surface area contributed by atoms with Crippen molar-refractivity contribution in [2.24, 2.45) is 5.84 Å². The maximum absolute atomic E-state index is 5.90. The van der Waals surface area contributed by atoms with Crippen molar-refractivity contribution in [3.05, 3.63) is 18.0 Å². The van der Waals surface area contributed by atoms with E-state index < -0.39 is 0 Å². The average molecular weight is 281 g/mol. The lowest BCUT2D eigenvalue weighted by Crippen LogP contribution is -2.54. The van der Waals surface area contributed by atoms with Crippen molar-refractivity contribution in [3.8, 4) is 0 Å². The van der Waals surface area contributed by atoms with Gasteiger partial charge in [0.25, 0.3) is 0 Å². The summed E-state index contributed by atoms with van der Waals surface area (Å²) in [6.07, 6.45) is 6.17. The molecular weight excluding hydrogens is 254 g/mol. The molecule has 1 aliphatic heterocycles. The lowest BCUT2D eigenvalue weighted by Gasteiger charge is -2.36. The van der Waals surface area contributed by atoms with Crippen LogP contribution in [-0.2, 0) is 17.7 Å². The van der Waals surface area contributed by atoms with Gasteiger partial charge in [-0.25, -0.2) is 0 Å². The van der Waals surface area contributed by atoms with Gasteiger partial charge in [0.15, 0.2) is 0 Å². The summed E-state index contributed by atoms with van der Waals surface area (Å²) in [5, 5.41) is 4.31. The highest BCUT2D eigenvalue weighted by molar-refractivity contribution is 5.07. The minimum Gasteiger partial charge on any atom is -0.374 e. The van der Waals surface area contributed by atoms with Crippen molar-refractivity contribution >= 4 is 0 Å². The molecule has 3 N–H and O–H groups in total. The van der Waals surface area contributed by atoms with Gasteiger partial charge in [0.1, 0.15) is 0 Å². The molecule has 0 bridgehead atoms. The summed E-state index contributed by atoms with van der Waals surface area (Å²) in [4.78, 5) is 2.45. The Hall–Kier alpha value is -0.950. The molecule has 0 radical (unpaired) electrons. The van der Waals surface area contributed by atoms with Crippen LogP contribution in [0.5, 0.6) is 0 Å². The van der Waals surface area contributed by atoms with E-state index in [4.69, 9.17) is 10.6 Å². The highest BCUT2D eigenvalue weighted by Gasteiger charge is 2.27. The van der Waals surface area contributed by atoms with Gasteiger partial charge in [0.2, 0.25) is 0 Å². The second kappa shape index (κ2) is 7.73. The fourth-order valence-corrected chi connectivity index (χ4v) is 2.73. The summed E-state index contributed by atoms with van der Waals surface area (Å²) in [7, 11) is 0. The number of hydrogen-bond acceptors (Lipinski definition) is 5. The summed E-state index contributed by atoms with van der Waals surface area (Å²) in [5.74, 6) is 5.73. The summed E-state index contributed by atoms with van der Waals surface area (Å²) in [6, 6.07) is 0.129. The number of hydrazine groups is 1. The van der Waals surface area contributed by atoms with Crippen molar-refractivity contribution in [1.82, 2.24) is 20.1 Å². The molecule has 6 nitrogen and oxygen atoms in total. The largest absolute Gasteiger partial charge is 0.374 e. The van der Waals surface area contributed by atoms with E-state index >= 15 is 0 Å². The van der Waals surface area contributed by atoms with Gasteiger partial charge in [-0.1, -0.05) is 6.92 Å². The van der Waals surface area contributed by atoms with Gasteiger partial charge in [0, 0.05) is 25.8 Å². The fourth-order valence-electron chi connectivity index (χ4n) is 2.73. The van der Waals surface area contributed by atoms with Crippen LogP contribution in [0, 0.1) is 0 Å². The minimum absolute atomic E-state index is 0.129. The molecule has 6 heteroatoms. The molecule has 0 spiro atoms. The van der Waals surface area contributed by atoms with Crippen molar-refractivity contribution in [3.63, 3.8) is 0 Å². The average Bonchev–Trinajstić information content (AvgIpc) is 2.93. The first-order valence-corrected chi connectivity index (χ1v) is 7.58. The van der Waals surface area contributed by atoms with Gasteiger partial charge in [-0.15, -0.1) is 0 Å². The summed E-state index contributed by atoms with van der Waals surface area (Å²) in [6.45, 7) is 9.08. The van der Waals surface area contributed by atoms with Crippen LogP contribution in [0.4, 0.5) is 0 Å². The lowest BCUT2D eigenvalue weighted by atomic mass is 10.0. The molecule has 2 heterocycles. The smallest absolute Gasteiger partial charge is 0.0871 e. The maximum atomic E-state index is 5.90. The van der Waals surface area contributed by atoms with Crippen LogP contribution in [0.1, 0.15) is 25.8 Å². The third kappa shape index (κ3) is 4.02. The molecule has 2 rings (SSSR count). The zero-order valence-electron chi connectivity index (χ0n) is 12.6. The molecule has 2 atom stereocenters. The van der Waals surface area contributed by atoms with Gasteiger partial charge in [-0.2, -0.15) is 5.10 Å². The minimum atomic E-state index is 0.129. The van der Waals surface area contributed by atoms with Crippen LogP contribution in [0.15, 0.2) is 12.4 Å². The molecule has 0 amide bonds. The molecule has 0 aliphatic carbocycles. The normalized spacial score (nSPS) is 22.1. The van der Waals surface area contributed by atoms with E-state index in [0.717, 1.165) is 39.2 Å². The van der Waals surface area contributed by atoms with Gasteiger partial charge < -0.3 is 4.74 Å². The third-order valence-corrected chi connectivity index (χ3v) is 3.85. The molecule has 1 aromatic rings. The van der Waals surface area contributed by atoms with Crippen molar-refractivity contribution < 1.29 is 4.74 Å². The second-order valence-corrected chi connectivity index (χ2v) is 5.39. The Bertz CT molecular complexity index is 393. The molecule has 1 aliphatic rings. The zero-order chi connectivity index (χ0) is 14.4. The predicted molar refractivity (Wildman–Crippen MR) is 79.2 cm³/mol. The number of hydrogen-bond donors (Lipinski definition) is 2. The Morgan fingerprint density at radius 1 is 1.55 bits per heavy atom. The highest BCUT2D eigenvalue weighted by atomic mass is 16.5. The van der Waals surface area contributed by atoms with Crippen LogP contribution < -0.4 is 11.3 Å². The molecule has 20 heavy (non-hydrogen) atoms. The number of nitrogens with one attached hydrogen (secondary N) is 1. The van der Waals surface area contributed by atoms with Gasteiger partial charge in [-0.3, -0.25) is 20.9 Å². The van der Waals surface area contributed by atoms with Gasteiger partial charge in [0.05, 0.1) is 24.9 Å². The Morgan fingerprint density at radius 3 is 3.05 bits per heavy atom. The number of nitrogens with two attached hydrogens (primary N) is 1. The Kier molecular flexibility index (Phi) is 5.97. The standard InChI is InChI=1S/C14H27N5O/c1-3-5-18-6-7-20-14(11-18)13(17-15)8-12-9-16-19(4-2)10-12/h9-10,13-14,17H,3-8,11,15H2,1-2H3. The number of rotatable bonds is 7. The molecule has 2 unspecified atom stereocenters.